The van der Waals surface area contributed by atoms with Crippen molar-refractivity contribution >= 4 is 5.69 Å². The van der Waals surface area contributed by atoms with E-state index in [1.165, 1.54) is 12.4 Å². The summed E-state index contributed by atoms with van der Waals surface area (Å²) in [6, 6.07) is 0. The maximum absolute atomic E-state index is 10.7. The summed E-state index contributed by atoms with van der Waals surface area (Å²) in [5, 5.41) is 10.7. The summed E-state index contributed by atoms with van der Waals surface area (Å²) in [5.41, 5.74) is 5.95. The Morgan fingerprint density at radius 3 is 2.87 bits per heavy atom. The second kappa shape index (κ2) is 3.82. The molecule has 1 aliphatic rings. The molecule has 0 saturated heterocycles. The van der Waals surface area contributed by atoms with Gasteiger partial charge in [-0.25, -0.2) is 0 Å². The number of nitro groups is 1. The lowest BCUT2D eigenvalue weighted by atomic mass is 10.2. The number of ether oxygens (including phenoxy) is 1. The highest BCUT2D eigenvalue weighted by molar-refractivity contribution is 5.49. The molecule has 0 atom stereocenters. The molecule has 1 fully saturated rings. The Morgan fingerprint density at radius 2 is 2.33 bits per heavy atom. The van der Waals surface area contributed by atoms with Gasteiger partial charge in [0, 0.05) is 18.3 Å². The Hall–Kier alpha value is -1.69. The van der Waals surface area contributed by atoms with E-state index in [1.54, 1.807) is 0 Å². The van der Waals surface area contributed by atoms with Crippen molar-refractivity contribution in [1.29, 1.82) is 0 Å². The fourth-order valence-electron chi connectivity index (χ4n) is 1.24. The molecule has 1 aromatic heterocycles. The molecule has 6 nitrogen and oxygen atoms in total. The van der Waals surface area contributed by atoms with Crippen molar-refractivity contribution in [3.8, 4) is 5.75 Å². The van der Waals surface area contributed by atoms with Gasteiger partial charge in [0.2, 0.25) is 5.75 Å². The zero-order valence-electron chi connectivity index (χ0n) is 8.05. The lowest BCUT2D eigenvalue weighted by molar-refractivity contribution is -0.386. The van der Waals surface area contributed by atoms with Gasteiger partial charge in [-0.15, -0.1) is 0 Å². The van der Waals surface area contributed by atoms with Gasteiger partial charge in [0.05, 0.1) is 11.0 Å². The maximum Gasteiger partial charge on any atom is 0.329 e. The number of rotatable bonds is 4. The number of pyridine rings is 1. The van der Waals surface area contributed by atoms with Crippen molar-refractivity contribution in [2.45, 2.75) is 25.5 Å². The van der Waals surface area contributed by atoms with Crippen molar-refractivity contribution in [2.24, 2.45) is 5.73 Å². The summed E-state index contributed by atoms with van der Waals surface area (Å²) in [7, 11) is 0. The standard InChI is InChI=1S/C9H11N3O3/c10-3-6-4-11-5-8(12(13)14)9(6)15-7-1-2-7/h4-5,7H,1-3,10H2. The van der Waals surface area contributed by atoms with Crippen LogP contribution in [0.3, 0.4) is 0 Å². The maximum atomic E-state index is 10.7. The second-order valence-electron chi connectivity index (χ2n) is 3.43. The average Bonchev–Trinajstić information content (AvgIpc) is 3.01. The predicted molar refractivity (Wildman–Crippen MR) is 52.4 cm³/mol. The van der Waals surface area contributed by atoms with Crippen LogP contribution >= 0.6 is 0 Å². The Kier molecular flexibility index (Phi) is 2.51. The van der Waals surface area contributed by atoms with Crippen LogP contribution in [-0.4, -0.2) is 16.0 Å². The molecule has 0 aromatic carbocycles. The zero-order chi connectivity index (χ0) is 10.8. The van der Waals surface area contributed by atoms with E-state index in [0.29, 0.717) is 5.56 Å². The topological polar surface area (TPSA) is 91.3 Å². The van der Waals surface area contributed by atoms with Crippen LogP contribution in [0, 0.1) is 10.1 Å². The first kappa shape index (κ1) is 9.85. The average molecular weight is 209 g/mol. The molecule has 1 aromatic rings. The number of aromatic nitrogens is 1. The van der Waals surface area contributed by atoms with Gasteiger partial charge in [0.15, 0.2) is 0 Å². The van der Waals surface area contributed by atoms with E-state index in [2.05, 4.69) is 4.98 Å². The van der Waals surface area contributed by atoms with E-state index in [0.717, 1.165) is 12.8 Å². The summed E-state index contributed by atoms with van der Waals surface area (Å²) in [5.74, 6) is 0.278. The smallest absolute Gasteiger partial charge is 0.329 e. The quantitative estimate of drug-likeness (QED) is 0.589. The van der Waals surface area contributed by atoms with Crippen LogP contribution in [-0.2, 0) is 6.54 Å². The Labute approximate surface area is 86.2 Å². The van der Waals surface area contributed by atoms with Crippen molar-refractivity contribution < 1.29 is 9.66 Å². The van der Waals surface area contributed by atoms with Gasteiger partial charge >= 0.3 is 5.69 Å². The van der Waals surface area contributed by atoms with Crippen molar-refractivity contribution in [3.05, 3.63) is 28.1 Å². The fraction of sp³-hybridized carbons (Fsp3) is 0.444. The molecule has 1 saturated carbocycles. The third-order valence-corrected chi connectivity index (χ3v) is 2.18. The minimum atomic E-state index is -0.496. The largest absolute Gasteiger partial charge is 0.483 e. The lowest BCUT2D eigenvalue weighted by Gasteiger charge is -2.08. The second-order valence-corrected chi connectivity index (χ2v) is 3.43. The minimum absolute atomic E-state index is 0.107. The first-order chi connectivity index (χ1) is 7.22. The van der Waals surface area contributed by atoms with Gasteiger partial charge in [-0.2, -0.15) is 0 Å². The molecule has 1 aliphatic carbocycles. The summed E-state index contributed by atoms with van der Waals surface area (Å²) in [6.45, 7) is 0.191. The van der Waals surface area contributed by atoms with Gasteiger partial charge in [-0.3, -0.25) is 15.1 Å². The Balaban J connectivity index is 2.38. The molecule has 2 rings (SSSR count). The molecule has 0 aliphatic heterocycles. The molecular weight excluding hydrogens is 198 g/mol. The molecule has 1 heterocycles. The number of nitrogens with zero attached hydrogens (tertiary/aromatic N) is 2. The SMILES string of the molecule is NCc1cncc([N+](=O)[O-])c1OC1CC1. The highest BCUT2D eigenvalue weighted by atomic mass is 16.6. The summed E-state index contributed by atoms with van der Waals surface area (Å²) < 4.78 is 5.48. The Bertz CT molecular complexity index is 390. The van der Waals surface area contributed by atoms with Crippen LogP contribution in [0.1, 0.15) is 18.4 Å². The number of nitrogens with two attached hydrogens (primary N) is 1. The van der Waals surface area contributed by atoms with E-state index in [1.807, 2.05) is 0 Å². The van der Waals surface area contributed by atoms with Gasteiger partial charge in [0.1, 0.15) is 6.20 Å². The third-order valence-electron chi connectivity index (χ3n) is 2.18. The van der Waals surface area contributed by atoms with Crippen molar-refractivity contribution in [1.82, 2.24) is 4.98 Å². The lowest BCUT2D eigenvalue weighted by Crippen LogP contribution is -2.07. The van der Waals surface area contributed by atoms with Gasteiger partial charge in [-0.05, 0) is 12.8 Å². The first-order valence-corrected chi connectivity index (χ1v) is 4.70. The summed E-state index contributed by atoms with van der Waals surface area (Å²) >= 11 is 0. The molecule has 15 heavy (non-hydrogen) atoms. The normalized spacial score (nSPS) is 15.0. The van der Waals surface area contributed by atoms with Gasteiger partial charge in [0.25, 0.3) is 0 Å². The summed E-state index contributed by atoms with van der Waals surface area (Å²) in [4.78, 5) is 14.0. The van der Waals surface area contributed by atoms with E-state index in [4.69, 9.17) is 10.5 Å². The molecule has 0 spiro atoms. The van der Waals surface area contributed by atoms with Crippen LogP contribution in [0.15, 0.2) is 12.4 Å². The summed E-state index contributed by atoms with van der Waals surface area (Å²) in [6.07, 6.45) is 4.70. The molecule has 0 unspecified atom stereocenters. The minimum Gasteiger partial charge on any atom is -0.483 e. The number of hydrogen-bond acceptors (Lipinski definition) is 5. The van der Waals surface area contributed by atoms with E-state index >= 15 is 0 Å². The van der Waals surface area contributed by atoms with Crippen LogP contribution in [0.5, 0.6) is 5.75 Å². The van der Waals surface area contributed by atoms with Crippen LogP contribution < -0.4 is 10.5 Å². The monoisotopic (exact) mass is 209 g/mol. The molecule has 2 N–H and O–H groups in total. The molecule has 0 bridgehead atoms. The molecule has 0 amide bonds. The Morgan fingerprint density at radius 1 is 1.60 bits per heavy atom. The fourth-order valence-corrected chi connectivity index (χ4v) is 1.24. The highest BCUT2D eigenvalue weighted by Gasteiger charge is 2.29. The van der Waals surface area contributed by atoms with Crippen molar-refractivity contribution in [2.75, 3.05) is 0 Å². The number of hydrogen-bond donors (Lipinski definition) is 1. The van der Waals surface area contributed by atoms with Gasteiger partial charge in [-0.1, -0.05) is 0 Å². The van der Waals surface area contributed by atoms with Crippen molar-refractivity contribution in [3.63, 3.8) is 0 Å². The zero-order valence-corrected chi connectivity index (χ0v) is 8.05. The highest BCUT2D eigenvalue weighted by Crippen LogP contribution is 2.35. The predicted octanol–water partition coefficient (Wildman–Crippen LogP) is 0.990. The van der Waals surface area contributed by atoms with E-state index < -0.39 is 4.92 Å². The van der Waals surface area contributed by atoms with E-state index in [9.17, 15) is 10.1 Å². The molecule has 6 heteroatoms. The molecular formula is C9H11N3O3. The molecule has 80 valence electrons. The third kappa shape index (κ3) is 2.04. The van der Waals surface area contributed by atoms with Crippen LogP contribution in [0.2, 0.25) is 0 Å². The van der Waals surface area contributed by atoms with Crippen LogP contribution in [0.25, 0.3) is 0 Å². The van der Waals surface area contributed by atoms with Gasteiger partial charge < -0.3 is 10.5 Å². The first-order valence-electron chi connectivity index (χ1n) is 4.70. The van der Waals surface area contributed by atoms with E-state index in [-0.39, 0.29) is 24.1 Å². The van der Waals surface area contributed by atoms with Crippen LogP contribution in [0.4, 0.5) is 5.69 Å². The molecule has 0 radical (unpaired) electrons.